The quantitative estimate of drug-likeness (QED) is 0.873. The van der Waals surface area contributed by atoms with Crippen molar-refractivity contribution in [2.75, 3.05) is 19.6 Å². The summed E-state index contributed by atoms with van der Waals surface area (Å²) in [5.41, 5.74) is 2.27. The largest absolute Gasteiger partial charge is 0.333 e. The van der Waals surface area contributed by atoms with Crippen molar-refractivity contribution in [1.82, 2.24) is 14.8 Å². The number of carbonyl (C=O) groups is 1. The fourth-order valence-electron chi connectivity index (χ4n) is 3.04. The van der Waals surface area contributed by atoms with Crippen molar-refractivity contribution >= 4 is 5.91 Å². The van der Waals surface area contributed by atoms with Crippen LogP contribution in [-0.4, -0.2) is 40.3 Å². The molecule has 0 N–H and O–H groups in total. The zero-order valence-corrected chi connectivity index (χ0v) is 12.9. The van der Waals surface area contributed by atoms with Crippen LogP contribution in [0.2, 0.25) is 0 Å². The predicted molar refractivity (Wildman–Crippen MR) is 86.1 cm³/mol. The number of benzene rings is 1. The summed E-state index contributed by atoms with van der Waals surface area (Å²) in [4.78, 5) is 20.7. The van der Waals surface area contributed by atoms with Gasteiger partial charge in [0, 0.05) is 39.3 Å². The van der Waals surface area contributed by atoms with Gasteiger partial charge in [-0.3, -0.25) is 14.7 Å². The second-order valence-electron chi connectivity index (χ2n) is 5.70. The normalized spacial score (nSPS) is 19.1. The standard InChI is InChI=1S/C18H21N3O/c1-15(22)21-12-11-20(13-17-9-5-6-10-19-17)14-18(21)16-7-3-2-4-8-16/h2-10,18H,11-14H2,1H3/t18-/m0/s1. The van der Waals surface area contributed by atoms with E-state index >= 15 is 0 Å². The van der Waals surface area contributed by atoms with Gasteiger partial charge in [-0.2, -0.15) is 0 Å². The summed E-state index contributed by atoms with van der Waals surface area (Å²) in [6.45, 7) is 4.99. The van der Waals surface area contributed by atoms with Crippen molar-refractivity contribution in [2.24, 2.45) is 0 Å². The Kier molecular flexibility index (Phi) is 4.49. The molecule has 4 nitrogen and oxygen atoms in total. The molecular weight excluding hydrogens is 274 g/mol. The maximum Gasteiger partial charge on any atom is 0.220 e. The number of piperazine rings is 1. The SMILES string of the molecule is CC(=O)N1CCN(Cc2ccccn2)C[C@H]1c1ccccc1. The lowest BCUT2D eigenvalue weighted by molar-refractivity contribution is -0.134. The van der Waals surface area contributed by atoms with Crippen LogP contribution in [-0.2, 0) is 11.3 Å². The second-order valence-corrected chi connectivity index (χ2v) is 5.70. The van der Waals surface area contributed by atoms with Crippen LogP contribution >= 0.6 is 0 Å². The number of hydrogen-bond acceptors (Lipinski definition) is 3. The van der Waals surface area contributed by atoms with E-state index in [1.165, 1.54) is 5.56 Å². The Bertz CT molecular complexity index is 615. The van der Waals surface area contributed by atoms with Crippen molar-refractivity contribution in [3.8, 4) is 0 Å². The highest BCUT2D eigenvalue weighted by atomic mass is 16.2. The first-order valence-corrected chi connectivity index (χ1v) is 7.68. The fourth-order valence-corrected chi connectivity index (χ4v) is 3.04. The van der Waals surface area contributed by atoms with Crippen LogP contribution in [0.15, 0.2) is 54.7 Å². The molecular formula is C18H21N3O. The van der Waals surface area contributed by atoms with Crippen molar-refractivity contribution in [1.29, 1.82) is 0 Å². The van der Waals surface area contributed by atoms with Crippen LogP contribution in [0, 0.1) is 0 Å². The molecule has 1 aliphatic rings. The number of amides is 1. The lowest BCUT2D eigenvalue weighted by atomic mass is 10.0. The molecule has 1 atom stereocenters. The van der Waals surface area contributed by atoms with E-state index in [2.05, 4.69) is 28.1 Å². The van der Waals surface area contributed by atoms with Crippen LogP contribution in [0.4, 0.5) is 0 Å². The molecule has 4 heteroatoms. The molecule has 0 saturated carbocycles. The molecule has 1 aromatic carbocycles. The van der Waals surface area contributed by atoms with Crippen LogP contribution in [0.5, 0.6) is 0 Å². The monoisotopic (exact) mass is 295 g/mol. The van der Waals surface area contributed by atoms with Gasteiger partial charge >= 0.3 is 0 Å². The Hall–Kier alpha value is -2.20. The maximum atomic E-state index is 11.9. The van der Waals surface area contributed by atoms with Crippen molar-refractivity contribution < 1.29 is 4.79 Å². The van der Waals surface area contributed by atoms with Crippen LogP contribution < -0.4 is 0 Å². The molecule has 0 unspecified atom stereocenters. The van der Waals surface area contributed by atoms with Gasteiger partial charge in [0.1, 0.15) is 0 Å². The first-order chi connectivity index (χ1) is 10.7. The van der Waals surface area contributed by atoms with E-state index in [1.54, 1.807) is 6.92 Å². The lowest BCUT2D eigenvalue weighted by Gasteiger charge is -2.41. The highest BCUT2D eigenvalue weighted by Crippen LogP contribution is 2.26. The van der Waals surface area contributed by atoms with E-state index in [0.29, 0.717) is 0 Å². The van der Waals surface area contributed by atoms with E-state index in [-0.39, 0.29) is 11.9 Å². The Morgan fingerprint density at radius 1 is 1.14 bits per heavy atom. The second kappa shape index (κ2) is 6.71. The molecule has 1 saturated heterocycles. The molecule has 1 amide bonds. The highest BCUT2D eigenvalue weighted by molar-refractivity contribution is 5.74. The molecule has 22 heavy (non-hydrogen) atoms. The van der Waals surface area contributed by atoms with Crippen LogP contribution in [0.1, 0.15) is 24.2 Å². The predicted octanol–water partition coefficient (Wildman–Crippen LogP) is 2.49. The molecule has 2 heterocycles. The summed E-state index contributed by atoms with van der Waals surface area (Å²) in [5.74, 6) is 0.145. The average molecular weight is 295 g/mol. The highest BCUT2D eigenvalue weighted by Gasteiger charge is 2.29. The van der Waals surface area contributed by atoms with Gasteiger partial charge < -0.3 is 4.90 Å². The van der Waals surface area contributed by atoms with Gasteiger partial charge in [-0.05, 0) is 17.7 Å². The average Bonchev–Trinajstić information content (AvgIpc) is 2.56. The molecule has 0 aliphatic carbocycles. The number of aromatic nitrogens is 1. The first kappa shape index (κ1) is 14.7. The summed E-state index contributed by atoms with van der Waals surface area (Å²) in [7, 11) is 0. The van der Waals surface area contributed by atoms with Gasteiger partial charge in [0.05, 0.1) is 11.7 Å². The smallest absolute Gasteiger partial charge is 0.220 e. The summed E-state index contributed by atoms with van der Waals surface area (Å²) in [5, 5.41) is 0. The molecule has 0 bridgehead atoms. The summed E-state index contributed by atoms with van der Waals surface area (Å²) in [6.07, 6.45) is 1.83. The van der Waals surface area contributed by atoms with Crippen LogP contribution in [0.3, 0.4) is 0 Å². The number of hydrogen-bond donors (Lipinski definition) is 0. The molecule has 1 aromatic heterocycles. The molecule has 1 fully saturated rings. The fraction of sp³-hybridized carbons (Fsp3) is 0.333. The van der Waals surface area contributed by atoms with Crippen molar-refractivity contribution in [3.05, 3.63) is 66.0 Å². The molecule has 3 rings (SSSR count). The van der Waals surface area contributed by atoms with E-state index in [4.69, 9.17) is 0 Å². The third kappa shape index (κ3) is 3.34. The molecule has 2 aromatic rings. The summed E-state index contributed by atoms with van der Waals surface area (Å²) in [6, 6.07) is 16.4. The Labute approximate surface area is 131 Å². The van der Waals surface area contributed by atoms with Crippen LogP contribution in [0.25, 0.3) is 0 Å². The minimum Gasteiger partial charge on any atom is -0.333 e. The molecule has 1 aliphatic heterocycles. The van der Waals surface area contributed by atoms with Gasteiger partial charge in [0.15, 0.2) is 0 Å². The Balaban J connectivity index is 1.77. The van der Waals surface area contributed by atoms with E-state index in [1.807, 2.05) is 41.4 Å². The van der Waals surface area contributed by atoms with Crippen molar-refractivity contribution in [2.45, 2.75) is 19.5 Å². The minimum atomic E-state index is 0.121. The van der Waals surface area contributed by atoms with Gasteiger partial charge in [-0.25, -0.2) is 0 Å². The third-order valence-electron chi connectivity index (χ3n) is 4.17. The summed E-state index contributed by atoms with van der Waals surface area (Å²) >= 11 is 0. The summed E-state index contributed by atoms with van der Waals surface area (Å²) < 4.78 is 0. The number of carbonyl (C=O) groups excluding carboxylic acids is 1. The Morgan fingerprint density at radius 3 is 2.59 bits per heavy atom. The topological polar surface area (TPSA) is 36.4 Å². The maximum absolute atomic E-state index is 11.9. The zero-order valence-electron chi connectivity index (χ0n) is 12.9. The molecule has 0 spiro atoms. The van der Waals surface area contributed by atoms with E-state index in [9.17, 15) is 4.79 Å². The van der Waals surface area contributed by atoms with Gasteiger partial charge in [0.25, 0.3) is 0 Å². The third-order valence-corrected chi connectivity index (χ3v) is 4.17. The van der Waals surface area contributed by atoms with Gasteiger partial charge in [-0.1, -0.05) is 36.4 Å². The molecule has 0 radical (unpaired) electrons. The molecule has 114 valence electrons. The van der Waals surface area contributed by atoms with Gasteiger partial charge in [-0.15, -0.1) is 0 Å². The van der Waals surface area contributed by atoms with E-state index in [0.717, 1.165) is 31.9 Å². The Morgan fingerprint density at radius 2 is 1.91 bits per heavy atom. The number of rotatable bonds is 3. The first-order valence-electron chi connectivity index (χ1n) is 7.68. The minimum absolute atomic E-state index is 0.121. The number of nitrogens with zero attached hydrogens (tertiary/aromatic N) is 3. The number of pyridine rings is 1. The lowest BCUT2D eigenvalue weighted by Crippen LogP contribution is -2.49. The van der Waals surface area contributed by atoms with Gasteiger partial charge in [0.2, 0.25) is 5.91 Å². The van der Waals surface area contributed by atoms with Crippen molar-refractivity contribution in [3.63, 3.8) is 0 Å². The zero-order chi connectivity index (χ0) is 15.4. The van der Waals surface area contributed by atoms with E-state index < -0.39 is 0 Å².